The summed E-state index contributed by atoms with van der Waals surface area (Å²) in [5.41, 5.74) is 14.2. The van der Waals surface area contributed by atoms with E-state index in [0.717, 1.165) is 0 Å². The van der Waals surface area contributed by atoms with Crippen molar-refractivity contribution in [3.8, 4) is 0 Å². The zero-order valence-electron chi connectivity index (χ0n) is 29.0. The zero-order valence-corrected chi connectivity index (χ0v) is 29.0. The van der Waals surface area contributed by atoms with Crippen molar-refractivity contribution in [2.24, 2.45) is 17.2 Å². The molecule has 0 atom stereocenters. The van der Waals surface area contributed by atoms with Gasteiger partial charge in [-0.3, -0.25) is 24.6 Å². The van der Waals surface area contributed by atoms with Crippen molar-refractivity contribution in [2.45, 2.75) is 18.6 Å². The van der Waals surface area contributed by atoms with Gasteiger partial charge in [-0.25, -0.2) is 14.8 Å². The molecule has 2 amide bonds. The number of Topliss-reactive ketones (excluding diaryl/α,β-unsaturated/α-hetero) is 2. The third-order valence-electron chi connectivity index (χ3n) is 7.06. The fraction of sp³-hybridized carbons (Fsp3) is 0.667. The van der Waals surface area contributed by atoms with Gasteiger partial charge in [0.1, 0.15) is 25.3 Å². The molecule has 0 aliphatic heterocycles. The first kappa shape index (κ1) is 43.9. The maximum Gasteiger partial charge on any atom is 0.352 e. The molecule has 2 rings (SSSR count). The lowest BCUT2D eigenvalue weighted by molar-refractivity contribution is -0.182. The molecular formula is C30H50N10O12. The zero-order chi connectivity index (χ0) is 38.2. The predicted molar refractivity (Wildman–Crippen MR) is 180 cm³/mol. The minimum absolute atomic E-state index is 0.0215. The molecule has 0 fully saturated rings. The van der Waals surface area contributed by atoms with Gasteiger partial charge in [0.2, 0.25) is 23.4 Å². The number of fused-ring (bicyclic) bond motifs is 1. The highest BCUT2D eigenvalue weighted by molar-refractivity contribution is 6.26. The van der Waals surface area contributed by atoms with Crippen LogP contribution < -0.4 is 28.0 Å². The number of hydrogen-bond donors (Lipinski definition) is 7. The number of nitrogens with one attached hydrogen (secondary N) is 3. The Kier molecular flexibility index (Phi) is 21.0. The number of carboxylic acid groups (broad SMARTS) is 1. The number of rotatable bonds is 31. The molecule has 0 saturated heterocycles. The fourth-order valence-electron chi connectivity index (χ4n) is 4.47. The molecule has 0 unspecified atom stereocenters. The molecule has 0 aliphatic carbocycles. The number of aromatic amines is 1. The van der Waals surface area contributed by atoms with Crippen LogP contribution in [0.1, 0.15) is 6.42 Å². The lowest BCUT2D eigenvalue weighted by Crippen LogP contribution is -2.58. The van der Waals surface area contributed by atoms with Crippen LogP contribution >= 0.6 is 0 Å². The third kappa shape index (κ3) is 14.4. The van der Waals surface area contributed by atoms with Crippen molar-refractivity contribution in [3.05, 3.63) is 18.1 Å². The third-order valence-corrected chi connectivity index (χ3v) is 7.06. The van der Waals surface area contributed by atoms with Crippen LogP contribution in [0.4, 0.5) is 0 Å². The summed E-state index contributed by atoms with van der Waals surface area (Å²) in [5.74, 6) is -4.91. The second-order valence-electron chi connectivity index (χ2n) is 10.8. The number of imidazole rings is 1. The monoisotopic (exact) mass is 742 g/mol. The second kappa shape index (κ2) is 24.8. The van der Waals surface area contributed by atoms with E-state index in [9.17, 15) is 29.1 Å². The molecule has 0 radical (unpaired) electrons. The summed E-state index contributed by atoms with van der Waals surface area (Å²) in [4.78, 5) is 76.1. The molecule has 0 aromatic carbocycles. The highest BCUT2D eigenvalue weighted by Crippen LogP contribution is 2.17. The second-order valence-corrected chi connectivity index (χ2v) is 10.8. The standard InChI is InChI=1S/C30H50N10O12/c31-2-7-39(25(44)17-40-21-38-28-26(27(40)34)36-20-37-28)6-1-24(43)35-5-10-49-15-16-52-30(29(45)46,22(41)18-50-13-11-47-8-3-32)23(42)19-51-14-12-48-9-4-33/h20-21,34H,1-19,31-33H2,(H,35,43)(H,36,37)(H,45,46). The van der Waals surface area contributed by atoms with Crippen molar-refractivity contribution in [2.75, 3.05) is 112 Å². The summed E-state index contributed by atoms with van der Waals surface area (Å²) in [6.45, 7) is -0.809. The highest BCUT2D eigenvalue weighted by atomic mass is 16.6. The van der Waals surface area contributed by atoms with Gasteiger partial charge in [0.05, 0.1) is 72.1 Å². The van der Waals surface area contributed by atoms with E-state index < -0.39 is 43.0 Å². The molecular weight excluding hydrogens is 692 g/mol. The maximum absolute atomic E-state index is 13.0. The molecule has 0 aliphatic rings. The molecule has 2 aromatic rings. The quantitative estimate of drug-likeness (QED) is 0.0283. The number of H-pyrrole nitrogens is 1. The number of aromatic nitrogens is 4. The van der Waals surface area contributed by atoms with Gasteiger partial charge in [-0.2, -0.15) is 0 Å². The number of ether oxygens (including phenoxy) is 6. The largest absolute Gasteiger partial charge is 0.478 e. The summed E-state index contributed by atoms with van der Waals surface area (Å²) < 4.78 is 32.9. The van der Waals surface area contributed by atoms with E-state index in [4.69, 9.17) is 51.0 Å². The summed E-state index contributed by atoms with van der Waals surface area (Å²) in [6, 6.07) is 0. The Morgan fingerprint density at radius 1 is 0.827 bits per heavy atom. The highest BCUT2D eigenvalue weighted by Gasteiger charge is 2.54. The number of carbonyl (C=O) groups excluding carboxylic acids is 4. The lowest BCUT2D eigenvalue weighted by atomic mass is 9.93. The minimum Gasteiger partial charge on any atom is -0.478 e. The number of carbonyl (C=O) groups is 5. The number of carboxylic acids is 1. The van der Waals surface area contributed by atoms with Crippen LogP contribution in [0.5, 0.6) is 0 Å². The number of nitrogens with zero attached hydrogens (tertiary/aromatic N) is 4. The topological polar surface area (TPSA) is 325 Å². The van der Waals surface area contributed by atoms with Crippen molar-refractivity contribution in [3.63, 3.8) is 0 Å². The van der Waals surface area contributed by atoms with Gasteiger partial charge < -0.3 is 70.5 Å². The predicted octanol–water partition coefficient (Wildman–Crippen LogP) is -4.49. The lowest BCUT2D eigenvalue weighted by Gasteiger charge is -2.27. The Balaban J connectivity index is 1.82. The summed E-state index contributed by atoms with van der Waals surface area (Å²) in [7, 11) is 0. The Morgan fingerprint density at radius 2 is 1.42 bits per heavy atom. The SMILES string of the molecule is N=c1c2[nH]cnc2ncn1CC(=O)N(CCN)CCC(=O)NCCOCCOC(C(=O)O)(C(=O)COCCOCCN)C(=O)COCCOCCN. The van der Waals surface area contributed by atoms with E-state index in [1.807, 2.05) is 0 Å². The summed E-state index contributed by atoms with van der Waals surface area (Å²) >= 11 is 0. The molecule has 2 aromatic heterocycles. The normalized spacial score (nSPS) is 11.5. The van der Waals surface area contributed by atoms with Crippen LogP contribution in [0.3, 0.4) is 0 Å². The van der Waals surface area contributed by atoms with Crippen molar-refractivity contribution in [1.82, 2.24) is 29.7 Å². The smallest absolute Gasteiger partial charge is 0.352 e. The number of hydrogen-bond acceptors (Lipinski definition) is 17. The van der Waals surface area contributed by atoms with Crippen LogP contribution in [0.25, 0.3) is 11.2 Å². The van der Waals surface area contributed by atoms with E-state index >= 15 is 0 Å². The van der Waals surface area contributed by atoms with Crippen molar-refractivity contribution >= 4 is 40.5 Å². The summed E-state index contributed by atoms with van der Waals surface area (Å²) in [6.07, 6.45) is 2.70. The Bertz CT molecular complexity index is 1440. The molecule has 0 bridgehead atoms. The van der Waals surface area contributed by atoms with Crippen molar-refractivity contribution < 1.29 is 57.5 Å². The van der Waals surface area contributed by atoms with Gasteiger partial charge in [0.15, 0.2) is 11.1 Å². The Hall–Kier alpha value is -4.26. The first-order chi connectivity index (χ1) is 25.1. The Labute approximate surface area is 299 Å². The van der Waals surface area contributed by atoms with E-state index in [2.05, 4.69) is 20.3 Å². The molecule has 22 nitrogen and oxygen atoms in total. The number of ketones is 2. The molecule has 2 heterocycles. The average molecular weight is 743 g/mol. The molecule has 52 heavy (non-hydrogen) atoms. The van der Waals surface area contributed by atoms with E-state index in [1.165, 1.54) is 22.1 Å². The maximum atomic E-state index is 13.0. The van der Waals surface area contributed by atoms with Gasteiger partial charge in [0.25, 0.3) is 5.60 Å². The van der Waals surface area contributed by atoms with Crippen LogP contribution in [0, 0.1) is 5.41 Å². The molecule has 10 N–H and O–H groups in total. The van der Waals surface area contributed by atoms with Gasteiger partial charge >= 0.3 is 5.97 Å². The number of amides is 2. The van der Waals surface area contributed by atoms with Gasteiger partial charge in [-0.1, -0.05) is 0 Å². The van der Waals surface area contributed by atoms with E-state index in [0.29, 0.717) is 11.2 Å². The average Bonchev–Trinajstić information content (AvgIpc) is 3.61. The van der Waals surface area contributed by atoms with Crippen LogP contribution in [-0.2, 0) is 58.9 Å². The van der Waals surface area contributed by atoms with E-state index in [1.54, 1.807) is 0 Å². The number of aliphatic carboxylic acids is 1. The van der Waals surface area contributed by atoms with Crippen molar-refractivity contribution in [1.29, 1.82) is 5.41 Å². The molecule has 22 heteroatoms. The fourth-order valence-corrected chi connectivity index (χ4v) is 4.47. The first-order valence-corrected chi connectivity index (χ1v) is 16.5. The van der Waals surface area contributed by atoms with Crippen LogP contribution in [-0.4, -0.2) is 176 Å². The first-order valence-electron chi connectivity index (χ1n) is 16.5. The van der Waals surface area contributed by atoms with Crippen LogP contribution in [0.15, 0.2) is 12.7 Å². The molecule has 0 spiro atoms. The molecule has 292 valence electrons. The number of nitrogens with two attached hydrogens (primary N) is 3. The minimum atomic E-state index is -2.93. The van der Waals surface area contributed by atoms with Gasteiger partial charge in [0, 0.05) is 45.7 Å². The van der Waals surface area contributed by atoms with Crippen LogP contribution in [0.2, 0.25) is 0 Å². The summed E-state index contributed by atoms with van der Waals surface area (Å²) in [5, 5.41) is 20.9. The van der Waals surface area contributed by atoms with E-state index in [-0.39, 0.29) is 122 Å². The molecule has 0 saturated carbocycles. The van der Waals surface area contributed by atoms with Gasteiger partial charge in [-0.05, 0) is 0 Å². The van der Waals surface area contributed by atoms with Gasteiger partial charge in [-0.15, -0.1) is 0 Å². The Morgan fingerprint density at radius 3 is 2.02 bits per heavy atom.